The zero-order valence-corrected chi connectivity index (χ0v) is 18.5. The molecule has 0 spiro atoms. The molecule has 0 bridgehead atoms. The van der Waals surface area contributed by atoms with E-state index in [1.165, 1.54) is 0 Å². The van der Waals surface area contributed by atoms with Gasteiger partial charge in [0.2, 0.25) is 5.91 Å². The third-order valence-corrected chi connectivity index (χ3v) is 5.93. The van der Waals surface area contributed by atoms with Crippen LogP contribution in [0.5, 0.6) is 5.75 Å². The minimum absolute atomic E-state index is 0.0315. The van der Waals surface area contributed by atoms with E-state index >= 15 is 0 Å². The Labute approximate surface area is 180 Å². The summed E-state index contributed by atoms with van der Waals surface area (Å²) in [7, 11) is 1.93. The maximum absolute atomic E-state index is 12.4. The summed E-state index contributed by atoms with van der Waals surface area (Å²) >= 11 is 3.23. The summed E-state index contributed by atoms with van der Waals surface area (Å²) in [6.07, 6.45) is 2.00. The summed E-state index contributed by atoms with van der Waals surface area (Å²) in [5.41, 5.74) is 2.88. The van der Waals surface area contributed by atoms with Crippen LogP contribution in [-0.2, 0) is 11.3 Å². The van der Waals surface area contributed by atoms with E-state index in [0.29, 0.717) is 19.7 Å². The smallest absolute Gasteiger partial charge is 0.238 e. The third-order valence-electron chi connectivity index (χ3n) is 4.19. The van der Waals surface area contributed by atoms with Crippen LogP contribution in [0.2, 0.25) is 0 Å². The molecule has 3 aromatic rings. The molecule has 0 saturated heterocycles. The van der Waals surface area contributed by atoms with Gasteiger partial charge in [-0.2, -0.15) is 0 Å². The number of benzene rings is 2. The van der Waals surface area contributed by atoms with E-state index in [9.17, 15) is 4.79 Å². The number of carbonyl (C=O) groups excluding carboxylic acids is 1. The second kappa shape index (κ2) is 10.4. The Morgan fingerprint density at radius 1 is 1.21 bits per heavy atom. The number of nitrogens with zero attached hydrogens (tertiary/aromatic N) is 2. The minimum atomic E-state index is -0.0315. The Balaban J connectivity index is 1.55. The van der Waals surface area contributed by atoms with Crippen LogP contribution >= 0.6 is 23.1 Å². The van der Waals surface area contributed by atoms with Crippen molar-refractivity contribution >= 4 is 34.7 Å². The highest BCUT2D eigenvalue weighted by Gasteiger charge is 2.12. The first-order chi connectivity index (χ1) is 14.1. The van der Waals surface area contributed by atoms with E-state index in [4.69, 9.17) is 9.72 Å². The number of para-hydroxylation sites is 1. The summed E-state index contributed by atoms with van der Waals surface area (Å²) in [6, 6.07) is 15.8. The monoisotopic (exact) mass is 427 g/mol. The summed E-state index contributed by atoms with van der Waals surface area (Å²) < 4.78 is 5.49. The number of carbonyl (C=O) groups is 1. The number of likely N-dealkylation sites (N-methyl/N-ethyl adjacent to an activating group) is 1. The Bertz CT molecular complexity index is 941. The van der Waals surface area contributed by atoms with Crippen LogP contribution in [0, 0.1) is 0 Å². The molecule has 0 aliphatic carbocycles. The molecule has 0 saturated carbocycles. The van der Waals surface area contributed by atoms with Crippen LogP contribution in [0.3, 0.4) is 0 Å². The molecule has 29 heavy (non-hydrogen) atoms. The number of thiazole rings is 1. The van der Waals surface area contributed by atoms with Gasteiger partial charge in [0.1, 0.15) is 10.8 Å². The molecule has 1 heterocycles. The molecular weight excluding hydrogens is 402 g/mol. The van der Waals surface area contributed by atoms with Crippen molar-refractivity contribution in [2.45, 2.75) is 18.4 Å². The quantitative estimate of drug-likeness (QED) is 0.487. The van der Waals surface area contributed by atoms with Gasteiger partial charge in [-0.05, 0) is 56.6 Å². The molecule has 7 heteroatoms. The molecule has 0 atom stereocenters. The molecule has 3 rings (SSSR count). The number of amides is 1. The van der Waals surface area contributed by atoms with Gasteiger partial charge in [0.05, 0.1) is 24.5 Å². The SMILES string of the molecule is CCOc1ccc(-c2nc(CN(C)CC(=O)Nc3ccccc3SC)cs2)cc1. The Morgan fingerprint density at radius 3 is 2.69 bits per heavy atom. The molecule has 0 fully saturated rings. The first-order valence-corrected chi connectivity index (χ1v) is 11.5. The van der Waals surface area contributed by atoms with Crippen molar-refractivity contribution in [1.82, 2.24) is 9.88 Å². The average Bonchev–Trinajstić information content (AvgIpc) is 3.17. The second-order valence-electron chi connectivity index (χ2n) is 6.52. The molecule has 0 aliphatic heterocycles. The molecular formula is C22H25N3O2S2. The van der Waals surface area contributed by atoms with Gasteiger partial charge in [-0.15, -0.1) is 23.1 Å². The lowest BCUT2D eigenvalue weighted by molar-refractivity contribution is -0.117. The van der Waals surface area contributed by atoms with Gasteiger partial charge in [-0.1, -0.05) is 12.1 Å². The molecule has 0 aliphatic rings. The van der Waals surface area contributed by atoms with E-state index in [2.05, 4.69) is 5.32 Å². The van der Waals surface area contributed by atoms with Crippen LogP contribution < -0.4 is 10.1 Å². The zero-order valence-electron chi connectivity index (χ0n) is 16.8. The van der Waals surface area contributed by atoms with Crippen LogP contribution in [0.15, 0.2) is 58.8 Å². The number of hydrogen-bond donors (Lipinski definition) is 1. The number of nitrogens with one attached hydrogen (secondary N) is 1. The van der Waals surface area contributed by atoms with Gasteiger partial charge >= 0.3 is 0 Å². The average molecular weight is 428 g/mol. The Morgan fingerprint density at radius 2 is 1.97 bits per heavy atom. The van der Waals surface area contributed by atoms with Crippen LogP contribution in [0.25, 0.3) is 10.6 Å². The van der Waals surface area contributed by atoms with Gasteiger partial charge < -0.3 is 10.1 Å². The van der Waals surface area contributed by atoms with Crippen LogP contribution in [0.1, 0.15) is 12.6 Å². The predicted molar refractivity (Wildman–Crippen MR) is 122 cm³/mol. The molecule has 0 unspecified atom stereocenters. The fourth-order valence-electron chi connectivity index (χ4n) is 2.89. The van der Waals surface area contributed by atoms with E-state index in [1.54, 1.807) is 23.1 Å². The predicted octanol–water partition coefficient (Wildman–Crippen LogP) is 5.00. The standard InChI is InChI=1S/C22H25N3O2S2/c1-4-27-18-11-9-16(10-12-18)22-23-17(15-29-22)13-25(2)14-21(26)24-19-7-5-6-8-20(19)28-3/h5-12,15H,4,13-14H2,1-3H3,(H,24,26). The number of thioether (sulfide) groups is 1. The van der Waals surface area contributed by atoms with Gasteiger partial charge in [0, 0.05) is 22.4 Å². The molecule has 5 nitrogen and oxygen atoms in total. The maximum Gasteiger partial charge on any atom is 0.238 e. The summed E-state index contributed by atoms with van der Waals surface area (Å²) in [6.45, 7) is 3.55. The van der Waals surface area contributed by atoms with Crippen LogP contribution in [0.4, 0.5) is 5.69 Å². The van der Waals surface area contributed by atoms with Gasteiger partial charge in [-0.25, -0.2) is 4.98 Å². The van der Waals surface area contributed by atoms with Crippen molar-refractivity contribution in [3.05, 3.63) is 59.6 Å². The van der Waals surface area contributed by atoms with Crippen molar-refractivity contribution in [3.8, 4) is 16.3 Å². The van der Waals surface area contributed by atoms with Crippen molar-refractivity contribution in [1.29, 1.82) is 0 Å². The highest BCUT2D eigenvalue weighted by Crippen LogP contribution is 2.26. The maximum atomic E-state index is 12.4. The number of aromatic nitrogens is 1. The fraction of sp³-hybridized carbons (Fsp3) is 0.273. The Kier molecular flexibility index (Phi) is 7.69. The lowest BCUT2D eigenvalue weighted by Crippen LogP contribution is -2.30. The highest BCUT2D eigenvalue weighted by molar-refractivity contribution is 7.98. The van der Waals surface area contributed by atoms with Gasteiger partial charge in [0.15, 0.2) is 0 Å². The fourth-order valence-corrected chi connectivity index (χ4v) is 4.26. The summed E-state index contributed by atoms with van der Waals surface area (Å²) in [4.78, 5) is 20.1. The topological polar surface area (TPSA) is 54.5 Å². The normalized spacial score (nSPS) is 10.9. The lowest BCUT2D eigenvalue weighted by atomic mass is 10.2. The van der Waals surface area contributed by atoms with Crippen LogP contribution in [-0.4, -0.2) is 42.2 Å². The first-order valence-electron chi connectivity index (χ1n) is 9.38. The van der Waals surface area contributed by atoms with Gasteiger partial charge in [-0.3, -0.25) is 9.69 Å². The minimum Gasteiger partial charge on any atom is -0.494 e. The largest absolute Gasteiger partial charge is 0.494 e. The van der Waals surface area contributed by atoms with Crippen molar-refractivity contribution in [3.63, 3.8) is 0 Å². The van der Waals surface area contributed by atoms with Crippen molar-refractivity contribution in [2.24, 2.45) is 0 Å². The highest BCUT2D eigenvalue weighted by atomic mass is 32.2. The number of ether oxygens (including phenoxy) is 1. The van der Waals surface area contributed by atoms with Crippen molar-refractivity contribution in [2.75, 3.05) is 31.8 Å². The lowest BCUT2D eigenvalue weighted by Gasteiger charge is -2.16. The summed E-state index contributed by atoms with van der Waals surface area (Å²) in [5.74, 6) is 0.831. The molecule has 0 radical (unpaired) electrons. The number of hydrogen-bond acceptors (Lipinski definition) is 6. The van der Waals surface area contributed by atoms with E-state index in [0.717, 1.165) is 32.6 Å². The van der Waals surface area contributed by atoms with Gasteiger partial charge in [0.25, 0.3) is 0 Å². The van der Waals surface area contributed by atoms with E-state index in [1.807, 2.05) is 79.0 Å². The second-order valence-corrected chi connectivity index (χ2v) is 8.23. The molecule has 1 amide bonds. The Hall–Kier alpha value is -2.35. The number of rotatable bonds is 9. The molecule has 1 N–H and O–H groups in total. The third kappa shape index (κ3) is 6.06. The molecule has 2 aromatic carbocycles. The number of anilines is 1. The van der Waals surface area contributed by atoms with E-state index in [-0.39, 0.29) is 5.91 Å². The molecule has 1 aromatic heterocycles. The summed E-state index contributed by atoms with van der Waals surface area (Å²) in [5, 5.41) is 6.01. The van der Waals surface area contributed by atoms with Crippen molar-refractivity contribution < 1.29 is 9.53 Å². The first kappa shape index (κ1) is 21.4. The zero-order chi connectivity index (χ0) is 20.6. The van der Waals surface area contributed by atoms with E-state index < -0.39 is 0 Å². The molecule has 152 valence electrons.